The molecule has 0 aromatic heterocycles. The van der Waals surface area contributed by atoms with Gasteiger partial charge in [-0.2, -0.15) is 0 Å². The molecule has 316 valence electrons. The van der Waals surface area contributed by atoms with Crippen LogP contribution in [0.3, 0.4) is 0 Å². The number of nitrogens with zero attached hydrogens (tertiary/aromatic N) is 1. The number of aliphatic hydroxyl groups is 2. The molecular formula is C38H68N6O11. The zero-order valence-corrected chi connectivity index (χ0v) is 33.6. The Balaban J connectivity index is 2.62. The molecule has 1 heterocycles. The van der Waals surface area contributed by atoms with Crippen LogP contribution in [0.4, 0.5) is 4.79 Å². The summed E-state index contributed by atoms with van der Waals surface area (Å²) >= 11 is 0. The molecule has 17 heteroatoms. The van der Waals surface area contributed by atoms with Crippen molar-refractivity contribution in [3.63, 3.8) is 0 Å². The average molecular weight is 785 g/mol. The van der Waals surface area contributed by atoms with Crippen LogP contribution in [0.25, 0.3) is 0 Å². The fraction of sp³-hybridized carbons (Fsp3) is 0.842. The molecule has 1 saturated heterocycles. The lowest BCUT2D eigenvalue weighted by Crippen LogP contribution is -2.62. The van der Waals surface area contributed by atoms with E-state index < -0.39 is 97.8 Å². The Morgan fingerprint density at radius 3 is 2.20 bits per heavy atom. The molecule has 1 aliphatic carbocycles. The third-order valence-electron chi connectivity index (χ3n) is 10.3. The molecule has 8 N–H and O–H groups in total. The largest absolute Gasteiger partial charge is 0.465 e. The van der Waals surface area contributed by atoms with Crippen LogP contribution in [0.2, 0.25) is 0 Å². The van der Waals surface area contributed by atoms with Gasteiger partial charge < -0.3 is 56.3 Å². The molecule has 0 spiro atoms. The van der Waals surface area contributed by atoms with E-state index in [4.69, 9.17) is 9.47 Å². The van der Waals surface area contributed by atoms with Gasteiger partial charge in [-0.15, -0.1) is 0 Å². The lowest BCUT2D eigenvalue weighted by molar-refractivity contribution is -0.147. The van der Waals surface area contributed by atoms with Gasteiger partial charge in [-0.3, -0.25) is 24.0 Å². The number of amides is 6. The number of hydrogen-bond donors (Lipinski definition) is 8. The molecule has 1 aliphatic heterocycles. The van der Waals surface area contributed by atoms with Gasteiger partial charge in [-0.25, -0.2) is 4.79 Å². The van der Waals surface area contributed by atoms with Crippen molar-refractivity contribution in [1.29, 1.82) is 0 Å². The van der Waals surface area contributed by atoms with Crippen LogP contribution in [0.15, 0.2) is 0 Å². The number of carbonyl (C=O) groups excluding carboxylic acids is 5. The maximum Gasteiger partial charge on any atom is 0.404 e. The van der Waals surface area contributed by atoms with E-state index in [9.17, 15) is 44.1 Å². The number of carboxylic acid groups (broad SMARTS) is 1. The summed E-state index contributed by atoms with van der Waals surface area (Å²) in [6.45, 7) is 7.50. The maximum absolute atomic E-state index is 14.2. The SMILES string of the molecule is CCCCCC[C@H]1OC[C@@H](C)NC(=O)[C@H](COCC(O)CO)NC(=O)[C@H](CNC(=O)O)NC(=O)[C@H](C2CCCCC2)NC(=O)[C@H](CC(C)C)N(C)C(=O)[C@@H]1C. The zero-order valence-electron chi connectivity index (χ0n) is 33.6. The van der Waals surface area contributed by atoms with Crippen molar-refractivity contribution < 1.29 is 53.6 Å². The highest BCUT2D eigenvalue weighted by Crippen LogP contribution is 2.28. The van der Waals surface area contributed by atoms with E-state index in [0.29, 0.717) is 25.7 Å². The molecule has 0 bridgehead atoms. The van der Waals surface area contributed by atoms with Crippen LogP contribution in [0, 0.1) is 17.8 Å². The first-order valence-corrected chi connectivity index (χ1v) is 20.0. The first kappa shape index (κ1) is 47.6. The van der Waals surface area contributed by atoms with E-state index in [2.05, 4.69) is 33.5 Å². The van der Waals surface area contributed by atoms with Crippen molar-refractivity contribution in [3.05, 3.63) is 0 Å². The van der Waals surface area contributed by atoms with Crippen molar-refractivity contribution in [1.82, 2.24) is 31.5 Å². The third kappa shape index (κ3) is 16.6. The van der Waals surface area contributed by atoms with Crippen molar-refractivity contribution >= 4 is 35.6 Å². The molecule has 1 saturated carbocycles. The summed E-state index contributed by atoms with van der Waals surface area (Å²) in [5.74, 6) is -4.07. The number of carbonyl (C=O) groups is 6. The summed E-state index contributed by atoms with van der Waals surface area (Å²) in [7, 11) is 1.58. The molecule has 2 rings (SSSR count). The van der Waals surface area contributed by atoms with E-state index in [-0.39, 0.29) is 31.0 Å². The number of ether oxygens (including phenoxy) is 2. The Bertz CT molecular complexity index is 1230. The fourth-order valence-corrected chi connectivity index (χ4v) is 7.03. The molecule has 0 aromatic rings. The van der Waals surface area contributed by atoms with Gasteiger partial charge in [0, 0.05) is 13.1 Å². The van der Waals surface area contributed by atoms with Gasteiger partial charge in [0.2, 0.25) is 29.5 Å². The highest BCUT2D eigenvalue weighted by Gasteiger charge is 2.39. The van der Waals surface area contributed by atoms with Gasteiger partial charge in [0.15, 0.2) is 0 Å². The number of aliphatic hydroxyl groups excluding tert-OH is 2. The third-order valence-corrected chi connectivity index (χ3v) is 10.3. The second-order valence-corrected chi connectivity index (χ2v) is 15.6. The van der Waals surface area contributed by atoms with Gasteiger partial charge in [0.05, 0.1) is 45.0 Å². The molecule has 0 aromatic carbocycles. The molecule has 8 atom stereocenters. The van der Waals surface area contributed by atoms with Gasteiger partial charge in [0.25, 0.3) is 0 Å². The minimum atomic E-state index is -1.52. The summed E-state index contributed by atoms with van der Waals surface area (Å²) in [5.41, 5.74) is 0. The molecular weight excluding hydrogens is 716 g/mol. The number of nitrogens with one attached hydrogen (secondary N) is 5. The monoisotopic (exact) mass is 784 g/mol. The zero-order chi connectivity index (χ0) is 41.1. The van der Waals surface area contributed by atoms with Crippen molar-refractivity contribution in [3.8, 4) is 0 Å². The Kier molecular flexibility index (Phi) is 21.5. The number of unbranched alkanes of at least 4 members (excludes halogenated alkanes) is 3. The molecule has 0 radical (unpaired) electrons. The second-order valence-electron chi connectivity index (χ2n) is 15.6. The topological polar surface area (TPSA) is 245 Å². The molecule has 2 aliphatic rings. The smallest absolute Gasteiger partial charge is 0.404 e. The quantitative estimate of drug-likeness (QED) is 0.109. The Morgan fingerprint density at radius 1 is 0.927 bits per heavy atom. The van der Waals surface area contributed by atoms with Crippen molar-refractivity contribution in [2.45, 2.75) is 148 Å². The van der Waals surface area contributed by atoms with Crippen LogP contribution in [-0.2, 0) is 33.4 Å². The van der Waals surface area contributed by atoms with Gasteiger partial charge >= 0.3 is 6.09 Å². The highest BCUT2D eigenvalue weighted by atomic mass is 16.5. The Labute approximate surface area is 325 Å². The molecule has 55 heavy (non-hydrogen) atoms. The van der Waals surface area contributed by atoms with E-state index in [0.717, 1.165) is 44.9 Å². The Morgan fingerprint density at radius 2 is 1.58 bits per heavy atom. The van der Waals surface area contributed by atoms with Crippen LogP contribution >= 0.6 is 0 Å². The highest BCUT2D eigenvalue weighted by molar-refractivity contribution is 5.96. The summed E-state index contributed by atoms with van der Waals surface area (Å²) in [4.78, 5) is 82.9. The van der Waals surface area contributed by atoms with Crippen LogP contribution in [0.5, 0.6) is 0 Å². The van der Waals surface area contributed by atoms with Crippen molar-refractivity contribution in [2.24, 2.45) is 17.8 Å². The molecule has 1 unspecified atom stereocenters. The lowest BCUT2D eigenvalue weighted by atomic mass is 9.83. The number of likely N-dealkylation sites (N-methyl/N-ethyl adjacent to an activating group) is 1. The normalized spacial score (nSPS) is 27.9. The average Bonchev–Trinajstić information content (AvgIpc) is 3.15. The number of rotatable bonds is 15. The summed E-state index contributed by atoms with van der Waals surface area (Å²) in [5, 5.41) is 41.4. The maximum atomic E-state index is 14.2. The van der Waals surface area contributed by atoms with E-state index in [1.165, 1.54) is 4.90 Å². The number of hydrogen-bond acceptors (Lipinski definition) is 10. The standard InChI is InChI=1S/C38H68N6O11/c1-7-8-9-13-16-31-25(5)37(51)44(6)30(17-23(2)3)35(49)43-32(26-14-11-10-12-15-26)36(50)41-28(18-39-38(52)53)33(47)42-29(22-54-21-27(46)19-45)34(48)40-24(4)20-55-31/h23-32,39,45-46H,7-22H2,1-6H3,(H,40,48)(H,41,50)(H,42,47)(H,43,49)(H,52,53)/t24-,25-,27?,28+,29+,30+,31-,32+/m1/s1. The van der Waals surface area contributed by atoms with E-state index in [1.54, 1.807) is 20.9 Å². The van der Waals surface area contributed by atoms with Gasteiger partial charge in [-0.1, -0.05) is 72.6 Å². The van der Waals surface area contributed by atoms with Crippen molar-refractivity contribution in [2.75, 3.05) is 40.0 Å². The molecule has 2 fully saturated rings. The second kappa shape index (κ2) is 24.9. The predicted molar refractivity (Wildman–Crippen MR) is 204 cm³/mol. The fourth-order valence-electron chi connectivity index (χ4n) is 7.03. The van der Waals surface area contributed by atoms with E-state index >= 15 is 0 Å². The first-order chi connectivity index (χ1) is 26.1. The molecule has 17 nitrogen and oxygen atoms in total. The lowest BCUT2D eigenvalue weighted by Gasteiger charge is -2.36. The minimum Gasteiger partial charge on any atom is -0.465 e. The van der Waals surface area contributed by atoms with Crippen LogP contribution in [-0.4, -0.2) is 138 Å². The summed E-state index contributed by atoms with van der Waals surface area (Å²) in [6, 6.07) is -5.54. The van der Waals surface area contributed by atoms with Crippen LogP contribution in [0.1, 0.15) is 105 Å². The van der Waals surface area contributed by atoms with Gasteiger partial charge in [-0.05, 0) is 44.4 Å². The van der Waals surface area contributed by atoms with Crippen LogP contribution < -0.4 is 26.6 Å². The van der Waals surface area contributed by atoms with Gasteiger partial charge in [0.1, 0.15) is 30.3 Å². The predicted octanol–water partition coefficient (Wildman–Crippen LogP) is 1.04. The molecule has 6 amide bonds. The summed E-state index contributed by atoms with van der Waals surface area (Å²) in [6.07, 6.45) is 5.27. The minimum absolute atomic E-state index is 0.00872. The summed E-state index contributed by atoms with van der Waals surface area (Å²) < 4.78 is 11.8. The Hall–Kier alpha value is -3.54. The first-order valence-electron chi connectivity index (χ1n) is 20.0. The van der Waals surface area contributed by atoms with E-state index in [1.807, 2.05) is 13.8 Å².